The molecule has 0 fully saturated rings. The van der Waals surface area contributed by atoms with Crippen LogP contribution in [0.5, 0.6) is 0 Å². The fourth-order valence-corrected chi connectivity index (χ4v) is 1.19. The van der Waals surface area contributed by atoms with E-state index in [2.05, 4.69) is 33.0 Å². The Morgan fingerprint density at radius 3 is 2.31 bits per heavy atom. The number of hydrogen-bond acceptors (Lipinski definition) is 2. The second kappa shape index (κ2) is 6.39. The molecule has 1 unspecified atom stereocenters. The van der Waals surface area contributed by atoms with Crippen molar-refractivity contribution in [1.29, 1.82) is 0 Å². The van der Waals surface area contributed by atoms with E-state index in [4.69, 9.17) is 5.73 Å². The van der Waals surface area contributed by atoms with Gasteiger partial charge in [0.15, 0.2) is 0 Å². The molecule has 13 heavy (non-hydrogen) atoms. The predicted molar refractivity (Wildman–Crippen MR) is 59.8 cm³/mol. The molecule has 0 aliphatic carbocycles. The minimum Gasteiger partial charge on any atom is -0.329 e. The monoisotopic (exact) mass is 186 g/mol. The molecule has 0 aromatic carbocycles. The first-order valence-electron chi connectivity index (χ1n) is 5.39. The highest BCUT2D eigenvalue weighted by Gasteiger charge is 2.18. The molecule has 0 spiro atoms. The van der Waals surface area contributed by atoms with E-state index in [9.17, 15) is 0 Å². The average molecular weight is 186 g/mol. The molecule has 0 heterocycles. The third-order valence-electron chi connectivity index (χ3n) is 2.79. The Kier molecular flexibility index (Phi) is 6.35. The van der Waals surface area contributed by atoms with Crippen LogP contribution in [-0.2, 0) is 0 Å². The molecular formula is C11H26N2. The Bertz CT molecular complexity index is 116. The van der Waals surface area contributed by atoms with Crippen LogP contribution in [0.15, 0.2) is 0 Å². The summed E-state index contributed by atoms with van der Waals surface area (Å²) >= 11 is 0. The summed E-state index contributed by atoms with van der Waals surface area (Å²) in [6.07, 6.45) is 2.57. The number of nitrogens with one attached hydrogen (secondary N) is 1. The highest BCUT2D eigenvalue weighted by molar-refractivity contribution is 4.70. The largest absolute Gasteiger partial charge is 0.329 e. The molecule has 0 radical (unpaired) electrons. The van der Waals surface area contributed by atoms with Crippen molar-refractivity contribution in [1.82, 2.24) is 5.32 Å². The maximum Gasteiger partial charge on any atom is 0.00745 e. The van der Waals surface area contributed by atoms with Crippen LogP contribution >= 0.6 is 0 Å². The Hall–Kier alpha value is -0.0800. The SMILES string of the molecule is CC(CCCNCCN)C(C)(C)C. The molecule has 0 aliphatic rings. The second-order valence-electron chi connectivity index (χ2n) is 4.95. The minimum absolute atomic E-state index is 0.452. The van der Waals surface area contributed by atoms with E-state index < -0.39 is 0 Å². The molecule has 0 aliphatic heterocycles. The van der Waals surface area contributed by atoms with Gasteiger partial charge >= 0.3 is 0 Å². The van der Waals surface area contributed by atoms with Crippen LogP contribution in [0.2, 0.25) is 0 Å². The maximum absolute atomic E-state index is 5.38. The lowest BCUT2D eigenvalue weighted by atomic mass is 9.79. The topological polar surface area (TPSA) is 38.0 Å². The van der Waals surface area contributed by atoms with Crippen LogP contribution in [0.1, 0.15) is 40.5 Å². The van der Waals surface area contributed by atoms with Crippen molar-refractivity contribution in [3.63, 3.8) is 0 Å². The van der Waals surface area contributed by atoms with Gasteiger partial charge in [-0.3, -0.25) is 0 Å². The lowest BCUT2D eigenvalue weighted by molar-refractivity contribution is 0.242. The number of rotatable bonds is 6. The molecule has 0 saturated heterocycles. The van der Waals surface area contributed by atoms with Gasteiger partial charge in [-0.1, -0.05) is 27.7 Å². The van der Waals surface area contributed by atoms with Gasteiger partial charge in [-0.05, 0) is 30.7 Å². The first kappa shape index (κ1) is 12.9. The van der Waals surface area contributed by atoms with Gasteiger partial charge in [0.1, 0.15) is 0 Å². The maximum atomic E-state index is 5.38. The van der Waals surface area contributed by atoms with Gasteiger partial charge in [0.05, 0.1) is 0 Å². The van der Waals surface area contributed by atoms with Crippen molar-refractivity contribution in [2.75, 3.05) is 19.6 Å². The molecule has 0 saturated carbocycles. The van der Waals surface area contributed by atoms with Crippen LogP contribution in [0, 0.1) is 11.3 Å². The Balaban J connectivity index is 3.32. The summed E-state index contributed by atoms with van der Waals surface area (Å²) in [6.45, 7) is 12.1. The summed E-state index contributed by atoms with van der Waals surface area (Å²) in [5, 5.41) is 3.32. The van der Waals surface area contributed by atoms with Crippen LogP contribution in [-0.4, -0.2) is 19.6 Å². The van der Waals surface area contributed by atoms with Crippen molar-refractivity contribution in [3.05, 3.63) is 0 Å². The summed E-state index contributed by atoms with van der Waals surface area (Å²) in [6, 6.07) is 0. The lowest BCUT2D eigenvalue weighted by Gasteiger charge is -2.27. The lowest BCUT2D eigenvalue weighted by Crippen LogP contribution is -2.24. The third kappa shape index (κ3) is 7.03. The van der Waals surface area contributed by atoms with Gasteiger partial charge in [0.2, 0.25) is 0 Å². The van der Waals surface area contributed by atoms with E-state index in [1.165, 1.54) is 12.8 Å². The normalized spacial score (nSPS) is 14.5. The van der Waals surface area contributed by atoms with Gasteiger partial charge in [-0.2, -0.15) is 0 Å². The van der Waals surface area contributed by atoms with Gasteiger partial charge in [0, 0.05) is 13.1 Å². The number of nitrogens with two attached hydrogens (primary N) is 1. The van der Waals surface area contributed by atoms with E-state index in [-0.39, 0.29) is 0 Å². The molecule has 0 amide bonds. The molecule has 0 bridgehead atoms. The smallest absolute Gasteiger partial charge is 0.00745 e. The highest BCUT2D eigenvalue weighted by atomic mass is 14.9. The van der Waals surface area contributed by atoms with Crippen LogP contribution < -0.4 is 11.1 Å². The van der Waals surface area contributed by atoms with E-state index in [1.807, 2.05) is 0 Å². The van der Waals surface area contributed by atoms with E-state index >= 15 is 0 Å². The van der Waals surface area contributed by atoms with Gasteiger partial charge in [-0.25, -0.2) is 0 Å². The first-order valence-corrected chi connectivity index (χ1v) is 5.39. The summed E-state index contributed by atoms with van der Waals surface area (Å²) in [5.41, 5.74) is 5.83. The Morgan fingerprint density at radius 2 is 1.85 bits per heavy atom. The van der Waals surface area contributed by atoms with Gasteiger partial charge in [0.25, 0.3) is 0 Å². The fourth-order valence-electron chi connectivity index (χ4n) is 1.19. The summed E-state index contributed by atoms with van der Waals surface area (Å²) in [5.74, 6) is 0.798. The van der Waals surface area contributed by atoms with Crippen molar-refractivity contribution >= 4 is 0 Å². The van der Waals surface area contributed by atoms with Crippen LogP contribution in [0.3, 0.4) is 0 Å². The predicted octanol–water partition coefficient (Wildman–Crippen LogP) is 2.00. The second-order valence-corrected chi connectivity index (χ2v) is 4.95. The number of hydrogen-bond donors (Lipinski definition) is 2. The van der Waals surface area contributed by atoms with Crippen molar-refractivity contribution in [2.45, 2.75) is 40.5 Å². The molecule has 0 aromatic rings. The first-order chi connectivity index (χ1) is 5.98. The highest BCUT2D eigenvalue weighted by Crippen LogP contribution is 2.28. The van der Waals surface area contributed by atoms with Crippen molar-refractivity contribution in [2.24, 2.45) is 17.1 Å². The fraction of sp³-hybridized carbons (Fsp3) is 1.00. The van der Waals surface area contributed by atoms with Crippen LogP contribution in [0.4, 0.5) is 0 Å². The zero-order valence-electron chi connectivity index (χ0n) is 9.69. The molecular weight excluding hydrogens is 160 g/mol. The molecule has 2 heteroatoms. The van der Waals surface area contributed by atoms with Crippen molar-refractivity contribution in [3.8, 4) is 0 Å². The summed E-state index contributed by atoms with van der Waals surface area (Å²) in [7, 11) is 0. The van der Waals surface area contributed by atoms with E-state index in [0.29, 0.717) is 5.41 Å². The Morgan fingerprint density at radius 1 is 1.23 bits per heavy atom. The average Bonchev–Trinajstić information content (AvgIpc) is 2.02. The molecule has 3 N–H and O–H groups in total. The standard InChI is InChI=1S/C11H26N2/c1-10(11(2,3)4)6-5-8-13-9-7-12/h10,13H,5-9,12H2,1-4H3. The van der Waals surface area contributed by atoms with E-state index in [0.717, 1.165) is 25.6 Å². The molecule has 2 nitrogen and oxygen atoms in total. The van der Waals surface area contributed by atoms with Gasteiger partial charge in [-0.15, -0.1) is 0 Å². The summed E-state index contributed by atoms with van der Waals surface area (Å²) < 4.78 is 0. The zero-order chi connectivity index (χ0) is 10.3. The zero-order valence-corrected chi connectivity index (χ0v) is 9.69. The van der Waals surface area contributed by atoms with Gasteiger partial charge < -0.3 is 11.1 Å². The molecule has 0 rings (SSSR count). The Labute approximate surface area is 83.3 Å². The van der Waals surface area contributed by atoms with Crippen LogP contribution in [0.25, 0.3) is 0 Å². The quantitative estimate of drug-likeness (QED) is 0.623. The third-order valence-corrected chi connectivity index (χ3v) is 2.79. The minimum atomic E-state index is 0.452. The van der Waals surface area contributed by atoms with Crippen molar-refractivity contribution < 1.29 is 0 Å². The molecule has 1 atom stereocenters. The van der Waals surface area contributed by atoms with E-state index in [1.54, 1.807) is 0 Å². The molecule has 80 valence electrons. The summed E-state index contributed by atoms with van der Waals surface area (Å²) in [4.78, 5) is 0. The molecule has 0 aromatic heterocycles.